The molecule has 1 aromatic carbocycles. The first kappa shape index (κ1) is 12.7. The molecule has 102 valence electrons. The molecule has 1 N–H and O–H groups in total. The number of aryl methyl sites for hydroxylation is 2. The van der Waals surface area contributed by atoms with Crippen LogP contribution in [0.5, 0.6) is 0 Å². The van der Waals surface area contributed by atoms with Crippen molar-refractivity contribution in [3.63, 3.8) is 0 Å². The summed E-state index contributed by atoms with van der Waals surface area (Å²) in [7, 11) is 0. The summed E-state index contributed by atoms with van der Waals surface area (Å²) in [6, 6.07) is 16.5. The van der Waals surface area contributed by atoms with Gasteiger partial charge in [-0.05, 0) is 37.5 Å². The molecular weight excluding hydrogens is 248 g/mol. The largest absolute Gasteiger partial charge is 0.353 e. The van der Waals surface area contributed by atoms with Crippen molar-refractivity contribution >= 4 is 11.6 Å². The van der Waals surface area contributed by atoms with Gasteiger partial charge in [-0.15, -0.1) is 5.10 Å². The summed E-state index contributed by atoms with van der Waals surface area (Å²) in [5, 5.41) is 7.74. The zero-order valence-corrected chi connectivity index (χ0v) is 11.6. The first-order valence-corrected chi connectivity index (χ1v) is 6.93. The molecule has 4 heteroatoms. The third-order valence-electron chi connectivity index (χ3n) is 3.32. The average molecular weight is 266 g/mol. The molecule has 20 heavy (non-hydrogen) atoms. The predicted octanol–water partition coefficient (Wildman–Crippen LogP) is 3.08. The second-order valence-electron chi connectivity index (χ2n) is 4.89. The van der Waals surface area contributed by atoms with E-state index in [4.69, 9.17) is 0 Å². The summed E-state index contributed by atoms with van der Waals surface area (Å²) in [6.45, 7) is 2.91. The normalized spacial score (nSPS) is 10.8. The highest BCUT2D eigenvalue weighted by molar-refractivity contribution is 5.44. The lowest BCUT2D eigenvalue weighted by Crippen LogP contribution is -2.04. The third-order valence-corrected chi connectivity index (χ3v) is 3.32. The SMILES string of the molecule is Cc1cccc2nc(NCCCc3ccccc3)nn12. The van der Waals surface area contributed by atoms with Crippen LogP contribution in [-0.2, 0) is 6.42 Å². The number of rotatable bonds is 5. The maximum absolute atomic E-state index is 4.46. The van der Waals surface area contributed by atoms with Crippen molar-refractivity contribution in [3.8, 4) is 0 Å². The average Bonchev–Trinajstić information content (AvgIpc) is 2.89. The summed E-state index contributed by atoms with van der Waals surface area (Å²) in [6.07, 6.45) is 2.14. The van der Waals surface area contributed by atoms with E-state index in [9.17, 15) is 0 Å². The van der Waals surface area contributed by atoms with Crippen molar-refractivity contribution < 1.29 is 0 Å². The Hall–Kier alpha value is -2.36. The molecule has 0 aliphatic carbocycles. The fourth-order valence-corrected chi connectivity index (χ4v) is 2.25. The molecule has 0 radical (unpaired) electrons. The molecule has 3 aromatic rings. The first-order chi connectivity index (χ1) is 9.83. The highest BCUT2D eigenvalue weighted by Crippen LogP contribution is 2.08. The number of nitrogens with zero attached hydrogens (tertiary/aromatic N) is 3. The molecule has 0 atom stereocenters. The zero-order valence-electron chi connectivity index (χ0n) is 11.6. The lowest BCUT2D eigenvalue weighted by Gasteiger charge is -2.02. The van der Waals surface area contributed by atoms with E-state index in [0.29, 0.717) is 5.95 Å². The zero-order chi connectivity index (χ0) is 13.8. The maximum atomic E-state index is 4.46. The van der Waals surface area contributed by atoms with E-state index in [1.165, 1.54) is 5.56 Å². The molecule has 0 spiro atoms. The van der Waals surface area contributed by atoms with Gasteiger partial charge in [-0.2, -0.15) is 4.98 Å². The Morgan fingerprint density at radius 3 is 2.70 bits per heavy atom. The monoisotopic (exact) mass is 266 g/mol. The number of hydrogen-bond acceptors (Lipinski definition) is 3. The van der Waals surface area contributed by atoms with E-state index in [2.05, 4.69) is 39.7 Å². The van der Waals surface area contributed by atoms with Gasteiger partial charge in [0.15, 0.2) is 5.65 Å². The first-order valence-electron chi connectivity index (χ1n) is 6.93. The smallest absolute Gasteiger partial charge is 0.243 e. The van der Waals surface area contributed by atoms with Crippen LogP contribution < -0.4 is 5.32 Å². The van der Waals surface area contributed by atoms with Crippen LogP contribution in [-0.4, -0.2) is 21.1 Å². The van der Waals surface area contributed by atoms with Gasteiger partial charge in [0.05, 0.1) is 0 Å². The fraction of sp³-hybridized carbons (Fsp3) is 0.250. The summed E-state index contributed by atoms with van der Waals surface area (Å²) in [5.74, 6) is 0.701. The second kappa shape index (κ2) is 5.74. The Labute approximate surface area is 118 Å². The van der Waals surface area contributed by atoms with Gasteiger partial charge in [0.1, 0.15) is 0 Å². The van der Waals surface area contributed by atoms with E-state index < -0.39 is 0 Å². The number of pyridine rings is 1. The summed E-state index contributed by atoms with van der Waals surface area (Å²) in [4.78, 5) is 4.46. The van der Waals surface area contributed by atoms with Crippen molar-refractivity contribution in [2.75, 3.05) is 11.9 Å². The minimum atomic E-state index is 0.701. The molecule has 2 heterocycles. The van der Waals surface area contributed by atoms with Crippen molar-refractivity contribution in [2.45, 2.75) is 19.8 Å². The number of hydrogen-bond donors (Lipinski definition) is 1. The van der Waals surface area contributed by atoms with Gasteiger partial charge in [0.2, 0.25) is 5.95 Å². The Kier molecular flexibility index (Phi) is 3.63. The van der Waals surface area contributed by atoms with Crippen molar-refractivity contribution in [1.82, 2.24) is 14.6 Å². The molecule has 4 nitrogen and oxygen atoms in total. The molecule has 0 fully saturated rings. The van der Waals surface area contributed by atoms with E-state index in [0.717, 1.165) is 30.7 Å². The van der Waals surface area contributed by atoms with Gasteiger partial charge < -0.3 is 5.32 Å². The minimum Gasteiger partial charge on any atom is -0.353 e. The van der Waals surface area contributed by atoms with Gasteiger partial charge in [0.25, 0.3) is 0 Å². The van der Waals surface area contributed by atoms with E-state index >= 15 is 0 Å². The molecule has 0 unspecified atom stereocenters. The van der Waals surface area contributed by atoms with Crippen LogP contribution >= 0.6 is 0 Å². The second-order valence-corrected chi connectivity index (χ2v) is 4.89. The van der Waals surface area contributed by atoms with Gasteiger partial charge in [-0.25, -0.2) is 4.52 Å². The summed E-state index contributed by atoms with van der Waals surface area (Å²) < 4.78 is 1.86. The van der Waals surface area contributed by atoms with Crippen molar-refractivity contribution in [1.29, 1.82) is 0 Å². The molecule has 0 bridgehead atoms. The van der Waals surface area contributed by atoms with Gasteiger partial charge >= 0.3 is 0 Å². The third kappa shape index (κ3) is 2.79. The van der Waals surface area contributed by atoms with E-state index in [-0.39, 0.29) is 0 Å². The van der Waals surface area contributed by atoms with Crippen LogP contribution in [0.25, 0.3) is 5.65 Å². The lowest BCUT2D eigenvalue weighted by molar-refractivity contribution is 0.846. The van der Waals surface area contributed by atoms with Crippen molar-refractivity contribution in [2.24, 2.45) is 0 Å². The number of nitrogens with one attached hydrogen (secondary N) is 1. The number of anilines is 1. The summed E-state index contributed by atoms with van der Waals surface area (Å²) in [5.41, 5.74) is 3.34. The van der Waals surface area contributed by atoms with Gasteiger partial charge in [-0.3, -0.25) is 0 Å². The topological polar surface area (TPSA) is 42.2 Å². The molecule has 2 aromatic heterocycles. The van der Waals surface area contributed by atoms with Gasteiger partial charge in [-0.1, -0.05) is 36.4 Å². The molecule has 0 saturated heterocycles. The standard InChI is InChI=1S/C16H18N4/c1-13-7-5-11-15-18-16(19-20(13)15)17-12-6-10-14-8-3-2-4-9-14/h2-5,7-9,11H,6,10,12H2,1H3,(H,17,19). The molecule has 0 aliphatic heterocycles. The van der Waals surface area contributed by atoms with E-state index in [1.807, 2.05) is 35.7 Å². The number of benzene rings is 1. The Bertz CT molecular complexity index is 688. The lowest BCUT2D eigenvalue weighted by atomic mass is 10.1. The maximum Gasteiger partial charge on any atom is 0.243 e. The quantitative estimate of drug-likeness (QED) is 0.722. The molecular formula is C16H18N4. The van der Waals surface area contributed by atoms with Crippen LogP contribution in [0.1, 0.15) is 17.7 Å². The van der Waals surface area contributed by atoms with Crippen LogP contribution in [0, 0.1) is 6.92 Å². The number of aromatic nitrogens is 3. The van der Waals surface area contributed by atoms with Crippen LogP contribution in [0.15, 0.2) is 48.5 Å². The van der Waals surface area contributed by atoms with E-state index in [1.54, 1.807) is 0 Å². The van der Waals surface area contributed by atoms with Crippen LogP contribution in [0.2, 0.25) is 0 Å². The van der Waals surface area contributed by atoms with Gasteiger partial charge in [0, 0.05) is 12.2 Å². The molecule has 0 aliphatic rings. The highest BCUT2D eigenvalue weighted by Gasteiger charge is 2.03. The minimum absolute atomic E-state index is 0.701. The number of fused-ring (bicyclic) bond motifs is 1. The highest BCUT2D eigenvalue weighted by atomic mass is 15.3. The Balaban J connectivity index is 1.56. The Morgan fingerprint density at radius 2 is 1.90 bits per heavy atom. The van der Waals surface area contributed by atoms with Crippen LogP contribution in [0.4, 0.5) is 5.95 Å². The predicted molar refractivity (Wildman–Crippen MR) is 81.0 cm³/mol. The van der Waals surface area contributed by atoms with Crippen molar-refractivity contribution in [3.05, 3.63) is 59.8 Å². The molecule has 0 amide bonds. The van der Waals surface area contributed by atoms with Crippen LogP contribution in [0.3, 0.4) is 0 Å². The summed E-state index contributed by atoms with van der Waals surface area (Å²) >= 11 is 0. The molecule has 0 saturated carbocycles. The molecule has 3 rings (SSSR count). The Morgan fingerprint density at radius 1 is 1.05 bits per heavy atom. The fourth-order valence-electron chi connectivity index (χ4n) is 2.25.